The quantitative estimate of drug-likeness (QED) is 0.419. The van der Waals surface area contributed by atoms with E-state index in [1.54, 1.807) is 6.20 Å². The Morgan fingerprint density at radius 3 is 2.50 bits per heavy atom. The van der Waals surface area contributed by atoms with Crippen LogP contribution in [0.4, 0.5) is 17.3 Å². The maximum Gasteiger partial charge on any atom is 0.303 e. The van der Waals surface area contributed by atoms with Crippen molar-refractivity contribution in [1.29, 1.82) is 0 Å². The molecular formula is C27H38N6O3. The molecule has 0 saturated heterocycles. The van der Waals surface area contributed by atoms with Gasteiger partial charge in [-0.05, 0) is 57.7 Å². The number of anilines is 3. The van der Waals surface area contributed by atoms with Gasteiger partial charge in [-0.3, -0.25) is 9.59 Å². The number of amides is 1. The number of aryl methyl sites for hydroxylation is 1. The van der Waals surface area contributed by atoms with E-state index in [9.17, 15) is 9.59 Å². The molecule has 0 bridgehead atoms. The molecule has 1 aliphatic rings. The van der Waals surface area contributed by atoms with Crippen molar-refractivity contribution < 1.29 is 14.3 Å². The fraction of sp³-hybridized carbons (Fsp3) is 0.481. The minimum absolute atomic E-state index is 0.134. The number of fused-ring (bicyclic) bond motifs is 1. The molecule has 0 aliphatic heterocycles. The third kappa shape index (κ3) is 7.19. The van der Waals surface area contributed by atoms with Crippen molar-refractivity contribution in [3.63, 3.8) is 0 Å². The summed E-state index contributed by atoms with van der Waals surface area (Å²) in [4.78, 5) is 31.0. The summed E-state index contributed by atoms with van der Waals surface area (Å²) in [6.07, 6.45) is 8.42. The molecule has 4 rings (SSSR count). The van der Waals surface area contributed by atoms with Gasteiger partial charge >= 0.3 is 5.97 Å². The van der Waals surface area contributed by atoms with Crippen LogP contribution < -0.4 is 16.4 Å². The number of nitrogens with zero attached hydrogens (tertiary/aromatic N) is 3. The number of nitrogens with two attached hydrogens (primary N) is 1. The van der Waals surface area contributed by atoms with Gasteiger partial charge in [-0.2, -0.15) is 0 Å². The highest BCUT2D eigenvalue weighted by Crippen LogP contribution is 2.29. The summed E-state index contributed by atoms with van der Waals surface area (Å²) in [6, 6.07) is 8.36. The molecule has 2 atom stereocenters. The van der Waals surface area contributed by atoms with Crippen molar-refractivity contribution >= 4 is 40.1 Å². The predicted octanol–water partition coefficient (Wildman–Crippen LogP) is 5.15. The number of nitrogens with one attached hydrogen (secondary N) is 2. The van der Waals surface area contributed by atoms with Crippen LogP contribution in [0.3, 0.4) is 0 Å². The van der Waals surface area contributed by atoms with E-state index >= 15 is 0 Å². The van der Waals surface area contributed by atoms with E-state index in [2.05, 4.69) is 27.5 Å². The van der Waals surface area contributed by atoms with Gasteiger partial charge < -0.3 is 25.7 Å². The molecule has 1 fully saturated rings. The molecule has 4 N–H and O–H groups in total. The van der Waals surface area contributed by atoms with Gasteiger partial charge in [0.1, 0.15) is 11.4 Å². The molecule has 0 radical (unpaired) electrons. The first kappa shape index (κ1) is 27.0. The molecule has 9 heteroatoms. The number of carbonyl (C=O) groups excluding carboxylic acids is 2. The Labute approximate surface area is 212 Å². The number of ether oxygens (including phenoxy) is 1. The highest BCUT2D eigenvalue weighted by atomic mass is 16.6. The zero-order chi connectivity index (χ0) is 26.5. The average Bonchev–Trinajstić information content (AvgIpc) is 3.16. The Morgan fingerprint density at radius 1 is 1.17 bits per heavy atom. The van der Waals surface area contributed by atoms with E-state index in [0.29, 0.717) is 23.6 Å². The second-order valence-electron chi connectivity index (χ2n) is 10.3. The number of rotatable bonds is 5. The van der Waals surface area contributed by atoms with E-state index in [4.69, 9.17) is 10.5 Å². The van der Waals surface area contributed by atoms with Crippen molar-refractivity contribution in [2.24, 2.45) is 18.7 Å². The van der Waals surface area contributed by atoms with Crippen molar-refractivity contribution in [2.45, 2.75) is 71.9 Å². The third-order valence-electron chi connectivity index (χ3n) is 6.08. The third-order valence-corrected chi connectivity index (χ3v) is 6.08. The van der Waals surface area contributed by atoms with E-state index in [1.807, 2.05) is 62.8 Å². The summed E-state index contributed by atoms with van der Waals surface area (Å²) in [6.45, 7) is 9.19. The second kappa shape index (κ2) is 11.4. The number of primary amides is 1. The van der Waals surface area contributed by atoms with Crippen LogP contribution in [0.15, 0.2) is 36.7 Å². The van der Waals surface area contributed by atoms with Crippen molar-refractivity contribution in [3.8, 4) is 0 Å². The van der Waals surface area contributed by atoms with E-state index in [-0.39, 0.29) is 17.3 Å². The van der Waals surface area contributed by atoms with Crippen LogP contribution in [0.1, 0.15) is 70.8 Å². The summed E-state index contributed by atoms with van der Waals surface area (Å²) >= 11 is 0. The monoisotopic (exact) mass is 494 g/mol. The van der Waals surface area contributed by atoms with Crippen LogP contribution in [0, 0.1) is 5.92 Å². The van der Waals surface area contributed by atoms with Crippen molar-refractivity contribution in [3.05, 3.63) is 42.4 Å². The minimum Gasteiger partial charge on any atom is -0.460 e. The number of hydrogen-bond acceptors (Lipinski definition) is 7. The maximum atomic E-state index is 11.9. The lowest BCUT2D eigenvalue weighted by atomic mass is 9.86. The lowest BCUT2D eigenvalue weighted by Crippen LogP contribution is -2.31. The lowest BCUT2D eigenvalue weighted by Gasteiger charge is -2.30. The normalized spacial score (nSPS) is 17.6. The number of carbonyl (C=O) groups is 2. The van der Waals surface area contributed by atoms with Gasteiger partial charge in [0.05, 0.1) is 6.20 Å². The van der Waals surface area contributed by atoms with Gasteiger partial charge in [-0.1, -0.05) is 25.8 Å². The number of esters is 1. The molecule has 0 unspecified atom stereocenters. The number of aromatic nitrogens is 3. The molecule has 1 aromatic carbocycles. The molecule has 2 heterocycles. The fourth-order valence-electron chi connectivity index (χ4n) is 4.42. The largest absolute Gasteiger partial charge is 0.460 e. The second-order valence-corrected chi connectivity index (χ2v) is 10.3. The summed E-state index contributed by atoms with van der Waals surface area (Å²) in [5.41, 5.74) is 7.29. The Hall–Kier alpha value is -3.62. The van der Waals surface area contributed by atoms with Crippen LogP contribution in [0.25, 0.3) is 10.9 Å². The lowest BCUT2D eigenvalue weighted by molar-refractivity contribution is -0.151. The molecule has 194 valence electrons. The first-order chi connectivity index (χ1) is 16.9. The van der Waals surface area contributed by atoms with Crippen LogP contribution in [0.2, 0.25) is 0 Å². The fourth-order valence-corrected chi connectivity index (χ4v) is 4.42. The van der Waals surface area contributed by atoms with Gasteiger partial charge in [0.15, 0.2) is 11.5 Å². The Bertz CT molecular complexity index is 1210. The standard InChI is InChI=1S/C21H26N6O.C6H12O2/c1-13-6-3-4-7-15(13)24-18-12-23-19(20(22)28)21(26-18)25-16-8-5-9-17-14(16)10-11-27(17)2;1-5(7)8-6(2,3)4/h5,8-13,15H,3-4,6-7H2,1-2H3,(H2,22,28)(H2,24,25,26);1-4H3/t13-,15+;/m0./s1. The molecule has 1 saturated carbocycles. The topological polar surface area (TPSA) is 124 Å². The van der Waals surface area contributed by atoms with E-state index in [0.717, 1.165) is 23.0 Å². The molecular weight excluding hydrogens is 456 g/mol. The summed E-state index contributed by atoms with van der Waals surface area (Å²) in [5.74, 6) is 0.787. The molecule has 2 aromatic heterocycles. The Balaban J connectivity index is 0.000000392. The van der Waals surface area contributed by atoms with E-state index in [1.165, 1.54) is 26.2 Å². The molecule has 9 nitrogen and oxygen atoms in total. The van der Waals surface area contributed by atoms with Gasteiger partial charge in [0.25, 0.3) is 5.91 Å². The van der Waals surface area contributed by atoms with Crippen LogP contribution in [0.5, 0.6) is 0 Å². The maximum absolute atomic E-state index is 11.9. The molecule has 1 aliphatic carbocycles. The Morgan fingerprint density at radius 2 is 1.89 bits per heavy atom. The summed E-state index contributed by atoms with van der Waals surface area (Å²) < 4.78 is 6.84. The number of benzene rings is 1. The summed E-state index contributed by atoms with van der Waals surface area (Å²) in [5, 5.41) is 7.81. The smallest absolute Gasteiger partial charge is 0.303 e. The van der Waals surface area contributed by atoms with Gasteiger partial charge in [0.2, 0.25) is 0 Å². The first-order valence-corrected chi connectivity index (χ1v) is 12.4. The molecule has 36 heavy (non-hydrogen) atoms. The predicted molar refractivity (Wildman–Crippen MR) is 143 cm³/mol. The highest BCUT2D eigenvalue weighted by Gasteiger charge is 2.22. The van der Waals surface area contributed by atoms with Gasteiger partial charge in [-0.15, -0.1) is 0 Å². The highest BCUT2D eigenvalue weighted by molar-refractivity contribution is 5.99. The minimum atomic E-state index is -0.604. The van der Waals surface area contributed by atoms with Crippen molar-refractivity contribution in [1.82, 2.24) is 14.5 Å². The zero-order valence-corrected chi connectivity index (χ0v) is 22.1. The van der Waals surface area contributed by atoms with Crippen LogP contribution >= 0.6 is 0 Å². The van der Waals surface area contributed by atoms with Crippen LogP contribution in [-0.2, 0) is 16.6 Å². The number of hydrogen-bond donors (Lipinski definition) is 3. The first-order valence-electron chi connectivity index (χ1n) is 12.4. The molecule has 1 amide bonds. The van der Waals surface area contributed by atoms with Gasteiger partial charge in [-0.25, -0.2) is 9.97 Å². The van der Waals surface area contributed by atoms with Crippen molar-refractivity contribution in [2.75, 3.05) is 10.6 Å². The van der Waals surface area contributed by atoms with Crippen LogP contribution in [-0.4, -0.2) is 38.1 Å². The SMILES string of the molecule is CC(=O)OC(C)(C)C.C[C@H]1CCCC[C@H]1Nc1cnc(C(N)=O)c(Nc2cccc3c2ccn3C)n1. The molecule has 0 spiro atoms. The van der Waals surface area contributed by atoms with E-state index < -0.39 is 5.91 Å². The average molecular weight is 495 g/mol. The van der Waals surface area contributed by atoms with Gasteiger partial charge in [0, 0.05) is 42.8 Å². The Kier molecular flexibility index (Phi) is 8.55. The summed E-state index contributed by atoms with van der Waals surface area (Å²) in [7, 11) is 2.00. The zero-order valence-electron chi connectivity index (χ0n) is 22.1. The molecule has 3 aromatic rings.